The van der Waals surface area contributed by atoms with Crippen molar-refractivity contribution in [3.8, 4) is 5.75 Å². The van der Waals surface area contributed by atoms with Crippen LogP contribution in [0.5, 0.6) is 5.75 Å². The maximum atomic E-state index is 13.6. The van der Waals surface area contributed by atoms with E-state index in [9.17, 15) is 14.3 Å². The molecule has 2 aliphatic rings. The molecule has 2 heterocycles. The molecule has 0 spiro atoms. The minimum absolute atomic E-state index is 0.0574. The number of halogens is 1. The van der Waals surface area contributed by atoms with Crippen LogP contribution in [0, 0.1) is 5.82 Å². The lowest BCUT2D eigenvalue weighted by molar-refractivity contribution is -0.182. The number of hydrogen-bond donors (Lipinski definition) is 1. The fourth-order valence-electron chi connectivity index (χ4n) is 4.89. The van der Waals surface area contributed by atoms with E-state index < -0.39 is 5.60 Å². The summed E-state index contributed by atoms with van der Waals surface area (Å²) in [4.78, 5) is 18.0. The molecule has 0 radical (unpaired) electrons. The zero-order valence-electron chi connectivity index (χ0n) is 22.6. The molecule has 4 rings (SSSR count). The number of ether oxygens (including phenoxy) is 3. The fraction of sp³-hybridized carbons (Fsp3) is 0.567. The van der Waals surface area contributed by atoms with Crippen molar-refractivity contribution in [1.82, 2.24) is 9.80 Å². The molecule has 7 nitrogen and oxygen atoms in total. The Morgan fingerprint density at radius 2 is 1.68 bits per heavy atom. The predicted octanol–water partition coefficient (Wildman–Crippen LogP) is 4.16. The number of carbonyl (C=O) groups is 1. The normalized spacial score (nSPS) is 17.9. The summed E-state index contributed by atoms with van der Waals surface area (Å²) in [5.74, 6) is 0.433. The van der Waals surface area contributed by atoms with Gasteiger partial charge in [-0.2, -0.15) is 0 Å². The summed E-state index contributed by atoms with van der Waals surface area (Å²) in [6.07, 6.45) is 3.78. The Hall–Kier alpha value is -2.52. The summed E-state index contributed by atoms with van der Waals surface area (Å²) >= 11 is 0. The van der Waals surface area contributed by atoms with E-state index in [2.05, 4.69) is 4.90 Å². The highest BCUT2D eigenvalue weighted by Gasteiger charge is 2.29. The first-order valence-electron chi connectivity index (χ1n) is 13.7. The summed E-state index contributed by atoms with van der Waals surface area (Å²) in [7, 11) is 0. The molecule has 8 heteroatoms. The number of likely N-dealkylation sites (tertiary alicyclic amines) is 1. The average Bonchev–Trinajstić information content (AvgIpc) is 2.92. The second kappa shape index (κ2) is 13.5. The van der Waals surface area contributed by atoms with Crippen molar-refractivity contribution in [3.63, 3.8) is 0 Å². The number of aliphatic hydroxyl groups is 1. The van der Waals surface area contributed by atoms with Crippen LogP contribution in [-0.4, -0.2) is 78.2 Å². The smallest absolute Gasteiger partial charge is 0.227 e. The molecule has 2 aromatic rings. The Morgan fingerprint density at radius 3 is 2.32 bits per heavy atom. The number of benzene rings is 2. The first-order chi connectivity index (χ1) is 18.2. The van der Waals surface area contributed by atoms with E-state index in [0.717, 1.165) is 69.7 Å². The average molecular weight is 529 g/mol. The number of carbonyl (C=O) groups excluding carboxylic acids is 1. The second-order valence-corrected chi connectivity index (χ2v) is 11.0. The largest absolute Gasteiger partial charge is 0.491 e. The lowest BCUT2D eigenvalue weighted by atomic mass is 10.0. The van der Waals surface area contributed by atoms with Gasteiger partial charge in [0.15, 0.2) is 6.29 Å². The van der Waals surface area contributed by atoms with Crippen LogP contribution in [0.15, 0.2) is 48.5 Å². The minimum Gasteiger partial charge on any atom is -0.491 e. The van der Waals surface area contributed by atoms with Crippen LogP contribution < -0.4 is 4.74 Å². The van der Waals surface area contributed by atoms with Crippen molar-refractivity contribution in [1.29, 1.82) is 0 Å². The molecule has 38 heavy (non-hydrogen) atoms. The molecule has 0 atom stereocenters. The maximum Gasteiger partial charge on any atom is 0.227 e. The fourth-order valence-corrected chi connectivity index (χ4v) is 4.89. The summed E-state index contributed by atoms with van der Waals surface area (Å²) < 4.78 is 30.5. The van der Waals surface area contributed by atoms with Crippen molar-refractivity contribution in [2.24, 2.45) is 0 Å². The standard InChI is InChI=1S/C30H41FN2O5/c1-30(2,35)22-38-27-10-6-23(7-11-27)20-28(34)33(21-24-4-8-25(31)9-5-24)26-12-15-32(16-13-26)17-14-29-36-18-3-19-37-29/h4-11,26,29,35H,3,12-22H2,1-2H3. The molecule has 2 aliphatic heterocycles. The van der Waals surface area contributed by atoms with Crippen LogP contribution in [0.25, 0.3) is 0 Å². The van der Waals surface area contributed by atoms with Gasteiger partial charge in [-0.05, 0) is 68.5 Å². The highest BCUT2D eigenvalue weighted by atomic mass is 19.1. The summed E-state index contributed by atoms with van der Waals surface area (Å²) in [6, 6.07) is 14.0. The Balaban J connectivity index is 1.35. The topological polar surface area (TPSA) is 71.5 Å². The summed E-state index contributed by atoms with van der Waals surface area (Å²) in [6.45, 7) is 8.32. The Labute approximate surface area is 225 Å². The highest BCUT2D eigenvalue weighted by Crippen LogP contribution is 2.23. The van der Waals surface area contributed by atoms with Crippen molar-refractivity contribution in [2.75, 3.05) is 39.5 Å². The third-order valence-electron chi connectivity index (χ3n) is 7.03. The van der Waals surface area contributed by atoms with Crippen LogP contribution in [-0.2, 0) is 27.2 Å². The number of rotatable bonds is 11. The van der Waals surface area contributed by atoms with Gasteiger partial charge in [0.2, 0.25) is 5.91 Å². The van der Waals surface area contributed by atoms with E-state index in [1.165, 1.54) is 12.1 Å². The van der Waals surface area contributed by atoms with Gasteiger partial charge in [-0.1, -0.05) is 24.3 Å². The molecule has 208 valence electrons. The molecule has 1 N–H and O–H groups in total. The zero-order chi connectivity index (χ0) is 27.0. The number of amides is 1. The first kappa shape index (κ1) is 28.5. The van der Waals surface area contributed by atoms with Crippen LogP contribution in [0.2, 0.25) is 0 Å². The van der Waals surface area contributed by atoms with Gasteiger partial charge < -0.3 is 29.1 Å². The van der Waals surface area contributed by atoms with E-state index in [4.69, 9.17) is 14.2 Å². The number of piperidine rings is 1. The molecule has 0 aromatic heterocycles. The minimum atomic E-state index is -0.914. The van der Waals surface area contributed by atoms with E-state index in [0.29, 0.717) is 12.3 Å². The quantitative estimate of drug-likeness (QED) is 0.472. The Kier molecular flexibility index (Phi) is 10.1. The van der Waals surface area contributed by atoms with Crippen molar-refractivity contribution in [2.45, 2.75) is 70.4 Å². The van der Waals surface area contributed by atoms with Crippen molar-refractivity contribution >= 4 is 5.91 Å². The SMILES string of the molecule is CC(C)(O)COc1ccc(CC(=O)N(Cc2ccc(F)cc2)C2CCN(CCC3OCCCO3)CC2)cc1. The number of hydrogen-bond acceptors (Lipinski definition) is 6. The molecular formula is C30H41FN2O5. The third kappa shape index (κ3) is 9.05. The van der Waals surface area contributed by atoms with E-state index in [-0.39, 0.29) is 37.1 Å². The maximum absolute atomic E-state index is 13.6. The Morgan fingerprint density at radius 1 is 1.05 bits per heavy atom. The van der Waals surface area contributed by atoms with Gasteiger partial charge in [-0.15, -0.1) is 0 Å². The van der Waals surface area contributed by atoms with Crippen LogP contribution in [0.4, 0.5) is 4.39 Å². The van der Waals surface area contributed by atoms with Gasteiger partial charge >= 0.3 is 0 Å². The molecule has 0 saturated carbocycles. The van der Waals surface area contributed by atoms with Gasteiger partial charge in [-0.3, -0.25) is 4.79 Å². The van der Waals surface area contributed by atoms with Gasteiger partial charge in [-0.25, -0.2) is 4.39 Å². The van der Waals surface area contributed by atoms with Gasteiger partial charge in [0, 0.05) is 38.6 Å². The lowest BCUT2D eigenvalue weighted by Gasteiger charge is -2.39. The van der Waals surface area contributed by atoms with Gasteiger partial charge in [0.1, 0.15) is 18.2 Å². The lowest BCUT2D eigenvalue weighted by Crippen LogP contribution is -2.48. The monoisotopic (exact) mass is 528 g/mol. The first-order valence-corrected chi connectivity index (χ1v) is 13.7. The summed E-state index contributed by atoms with van der Waals surface area (Å²) in [5.41, 5.74) is 0.909. The van der Waals surface area contributed by atoms with Crippen LogP contribution in [0.1, 0.15) is 50.7 Å². The molecule has 0 unspecified atom stereocenters. The molecule has 2 fully saturated rings. The van der Waals surface area contributed by atoms with E-state index in [1.54, 1.807) is 26.0 Å². The van der Waals surface area contributed by atoms with Crippen LogP contribution in [0.3, 0.4) is 0 Å². The summed E-state index contributed by atoms with van der Waals surface area (Å²) in [5, 5.41) is 9.87. The molecule has 0 aliphatic carbocycles. The Bertz CT molecular complexity index is 995. The molecule has 0 bridgehead atoms. The predicted molar refractivity (Wildman–Crippen MR) is 143 cm³/mol. The molecule has 2 aromatic carbocycles. The van der Waals surface area contributed by atoms with Gasteiger partial charge in [0.05, 0.1) is 25.2 Å². The van der Waals surface area contributed by atoms with Crippen LogP contribution >= 0.6 is 0 Å². The van der Waals surface area contributed by atoms with E-state index in [1.807, 2.05) is 29.2 Å². The highest BCUT2D eigenvalue weighted by molar-refractivity contribution is 5.79. The molecule has 2 saturated heterocycles. The van der Waals surface area contributed by atoms with E-state index >= 15 is 0 Å². The number of nitrogens with zero attached hydrogens (tertiary/aromatic N) is 2. The second-order valence-electron chi connectivity index (χ2n) is 11.0. The van der Waals surface area contributed by atoms with Crippen molar-refractivity contribution < 1.29 is 28.5 Å². The third-order valence-corrected chi connectivity index (χ3v) is 7.03. The molecular weight excluding hydrogens is 487 g/mol. The molecule has 1 amide bonds. The van der Waals surface area contributed by atoms with Gasteiger partial charge in [0.25, 0.3) is 0 Å². The van der Waals surface area contributed by atoms with Crippen molar-refractivity contribution in [3.05, 3.63) is 65.5 Å². The zero-order valence-corrected chi connectivity index (χ0v) is 22.6.